The van der Waals surface area contributed by atoms with Gasteiger partial charge in [-0.05, 0) is 53.6 Å². The van der Waals surface area contributed by atoms with Crippen LogP contribution in [0.3, 0.4) is 0 Å². The summed E-state index contributed by atoms with van der Waals surface area (Å²) >= 11 is 2.21. The van der Waals surface area contributed by atoms with Crippen LogP contribution in [0.5, 0.6) is 0 Å². The van der Waals surface area contributed by atoms with E-state index in [0.717, 1.165) is 9.13 Å². The minimum absolute atomic E-state index is 0.00646. The Hall–Kier alpha value is -1.11. The van der Waals surface area contributed by atoms with E-state index in [-0.39, 0.29) is 5.91 Å². The first kappa shape index (κ1) is 14.3. The SMILES string of the molecule is CC1(C(=O)O)CCN(C(=O)Cc2cccc(I)c2)C1. The van der Waals surface area contributed by atoms with Crippen LogP contribution in [0.25, 0.3) is 0 Å². The third-order valence-electron chi connectivity index (χ3n) is 3.59. The summed E-state index contributed by atoms with van der Waals surface area (Å²) in [5.74, 6) is -0.816. The van der Waals surface area contributed by atoms with Crippen molar-refractivity contribution >= 4 is 34.5 Å². The van der Waals surface area contributed by atoms with Crippen LogP contribution in [0.2, 0.25) is 0 Å². The third-order valence-corrected chi connectivity index (χ3v) is 4.26. The van der Waals surface area contributed by atoms with Gasteiger partial charge in [-0.15, -0.1) is 0 Å². The van der Waals surface area contributed by atoms with Crippen molar-refractivity contribution in [3.8, 4) is 0 Å². The lowest BCUT2D eigenvalue weighted by molar-refractivity contribution is -0.147. The van der Waals surface area contributed by atoms with Crippen molar-refractivity contribution in [2.75, 3.05) is 13.1 Å². The van der Waals surface area contributed by atoms with Gasteiger partial charge >= 0.3 is 5.97 Å². The lowest BCUT2D eigenvalue weighted by Gasteiger charge is -2.20. The second-order valence-electron chi connectivity index (χ2n) is 5.24. The van der Waals surface area contributed by atoms with Gasteiger partial charge in [0.2, 0.25) is 5.91 Å². The summed E-state index contributed by atoms with van der Waals surface area (Å²) in [7, 11) is 0. The largest absolute Gasteiger partial charge is 0.481 e. The Kier molecular flexibility index (Phi) is 4.13. The molecule has 4 nitrogen and oxygen atoms in total. The van der Waals surface area contributed by atoms with Crippen LogP contribution in [-0.4, -0.2) is 35.0 Å². The highest BCUT2D eigenvalue weighted by atomic mass is 127. The van der Waals surface area contributed by atoms with Gasteiger partial charge in [0.25, 0.3) is 0 Å². The lowest BCUT2D eigenvalue weighted by atomic mass is 9.90. The van der Waals surface area contributed by atoms with E-state index in [2.05, 4.69) is 22.6 Å². The Morgan fingerprint density at radius 2 is 2.21 bits per heavy atom. The average Bonchev–Trinajstić information content (AvgIpc) is 2.73. The molecule has 0 saturated carbocycles. The number of likely N-dealkylation sites (tertiary alicyclic amines) is 1. The maximum atomic E-state index is 12.2. The van der Waals surface area contributed by atoms with E-state index in [9.17, 15) is 9.59 Å². The lowest BCUT2D eigenvalue weighted by Crippen LogP contribution is -2.35. The van der Waals surface area contributed by atoms with Crippen LogP contribution in [0.1, 0.15) is 18.9 Å². The number of carbonyl (C=O) groups excluding carboxylic acids is 1. The van der Waals surface area contributed by atoms with E-state index in [4.69, 9.17) is 5.11 Å². The molecule has 1 aliphatic heterocycles. The second-order valence-corrected chi connectivity index (χ2v) is 6.48. The summed E-state index contributed by atoms with van der Waals surface area (Å²) in [6.45, 7) is 2.55. The molecule has 1 unspecified atom stereocenters. The van der Waals surface area contributed by atoms with Crippen LogP contribution in [-0.2, 0) is 16.0 Å². The Labute approximate surface area is 125 Å². The summed E-state index contributed by atoms with van der Waals surface area (Å²) in [5, 5.41) is 9.16. The minimum Gasteiger partial charge on any atom is -0.481 e. The quantitative estimate of drug-likeness (QED) is 0.827. The highest BCUT2D eigenvalue weighted by Gasteiger charge is 2.41. The van der Waals surface area contributed by atoms with Crippen LogP contribution in [0.4, 0.5) is 0 Å². The van der Waals surface area contributed by atoms with Gasteiger partial charge in [-0.3, -0.25) is 9.59 Å². The minimum atomic E-state index is -0.822. The molecule has 0 radical (unpaired) electrons. The van der Waals surface area contributed by atoms with Crippen molar-refractivity contribution in [3.05, 3.63) is 33.4 Å². The molecular weight excluding hydrogens is 357 g/mol. The van der Waals surface area contributed by atoms with Crippen molar-refractivity contribution in [1.82, 2.24) is 4.90 Å². The number of hydrogen-bond acceptors (Lipinski definition) is 2. The Morgan fingerprint density at radius 3 is 2.79 bits per heavy atom. The number of halogens is 1. The Balaban J connectivity index is 2.01. The van der Waals surface area contributed by atoms with Crippen molar-refractivity contribution in [2.24, 2.45) is 5.41 Å². The number of aliphatic carboxylic acids is 1. The zero-order chi connectivity index (χ0) is 14.0. The summed E-state index contributed by atoms with van der Waals surface area (Å²) in [6, 6.07) is 7.80. The molecule has 5 heteroatoms. The number of hydrogen-bond donors (Lipinski definition) is 1. The van der Waals surface area contributed by atoms with Gasteiger partial charge in [-0.2, -0.15) is 0 Å². The van der Waals surface area contributed by atoms with Crippen molar-refractivity contribution in [3.63, 3.8) is 0 Å². The highest BCUT2D eigenvalue weighted by Crippen LogP contribution is 2.30. The molecule has 19 heavy (non-hydrogen) atoms. The summed E-state index contributed by atoms with van der Waals surface area (Å²) < 4.78 is 1.10. The zero-order valence-electron chi connectivity index (χ0n) is 10.7. The molecule has 1 atom stereocenters. The molecule has 0 aliphatic carbocycles. The van der Waals surface area contributed by atoms with Gasteiger partial charge < -0.3 is 10.0 Å². The third kappa shape index (κ3) is 3.26. The molecule has 0 spiro atoms. The molecule has 2 rings (SSSR count). The average molecular weight is 373 g/mol. The molecular formula is C14H16INO3. The highest BCUT2D eigenvalue weighted by molar-refractivity contribution is 14.1. The maximum Gasteiger partial charge on any atom is 0.311 e. The fraction of sp³-hybridized carbons (Fsp3) is 0.429. The molecule has 1 aliphatic rings. The molecule has 1 fully saturated rings. The van der Waals surface area contributed by atoms with Crippen molar-refractivity contribution in [2.45, 2.75) is 19.8 Å². The van der Waals surface area contributed by atoms with Crippen LogP contribution >= 0.6 is 22.6 Å². The van der Waals surface area contributed by atoms with Crippen molar-refractivity contribution in [1.29, 1.82) is 0 Å². The Morgan fingerprint density at radius 1 is 1.47 bits per heavy atom. The molecule has 102 valence electrons. The number of benzene rings is 1. The summed E-state index contributed by atoms with van der Waals surface area (Å²) in [5.41, 5.74) is 0.182. The zero-order valence-corrected chi connectivity index (χ0v) is 12.9. The van der Waals surface area contributed by atoms with E-state index in [1.165, 1.54) is 0 Å². The van der Waals surface area contributed by atoms with Gasteiger partial charge in [-0.25, -0.2) is 0 Å². The van der Waals surface area contributed by atoms with Gasteiger partial charge in [0.15, 0.2) is 0 Å². The summed E-state index contributed by atoms with van der Waals surface area (Å²) in [6.07, 6.45) is 0.868. The first-order valence-corrected chi connectivity index (χ1v) is 7.24. The van der Waals surface area contributed by atoms with E-state index in [1.54, 1.807) is 11.8 Å². The first-order chi connectivity index (χ1) is 8.90. The number of carboxylic acid groups (broad SMARTS) is 1. The second kappa shape index (κ2) is 5.48. The predicted octanol–water partition coefficient (Wildman–Crippen LogP) is 2.16. The summed E-state index contributed by atoms with van der Waals surface area (Å²) in [4.78, 5) is 25.0. The number of carbonyl (C=O) groups is 2. The van der Waals surface area contributed by atoms with E-state index in [1.807, 2.05) is 24.3 Å². The molecule has 1 heterocycles. The van der Waals surface area contributed by atoms with Crippen LogP contribution in [0, 0.1) is 8.99 Å². The molecule has 1 saturated heterocycles. The number of carboxylic acids is 1. The van der Waals surface area contributed by atoms with E-state index in [0.29, 0.717) is 25.9 Å². The number of nitrogens with zero attached hydrogens (tertiary/aromatic N) is 1. The van der Waals surface area contributed by atoms with Gasteiger partial charge in [0.1, 0.15) is 0 Å². The number of rotatable bonds is 3. The fourth-order valence-electron chi connectivity index (χ4n) is 2.28. The van der Waals surface area contributed by atoms with Gasteiger partial charge in [0.05, 0.1) is 11.8 Å². The molecule has 1 N–H and O–H groups in total. The molecule has 0 bridgehead atoms. The monoisotopic (exact) mass is 373 g/mol. The topological polar surface area (TPSA) is 57.6 Å². The smallest absolute Gasteiger partial charge is 0.311 e. The number of amides is 1. The van der Waals surface area contributed by atoms with E-state index >= 15 is 0 Å². The standard InChI is InChI=1S/C14H16INO3/c1-14(13(18)19)5-6-16(9-14)12(17)8-10-3-2-4-11(15)7-10/h2-4,7H,5-6,8-9H2,1H3,(H,18,19). The van der Waals surface area contributed by atoms with Gasteiger partial charge in [-0.1, -0.05) is 12.1 Å². The maximum absolute atomic E-state index is 12.2. The van der Waals surface area contributed by atoms with Gasteiger partial charge in [0, 0.05) is 16.7 Å². The predicted molar refractivity (Wildman–Crippen MR) is 79.8 cm³/mol. The van der Waals surface area contributed by atoms with Crippen LogP contribution < -0.4 is 0 Å². The first-order valence-electron chi connectivity index (χ1n) is 6.16. The van der Waals surface area contributed by atoms with Crippen molar-refractivity contribution < 1.29 is 14.7 Å². The fourth-order valence-corrected chi connectivity index (χ4v) is 2.89. The molecule has 0 aromatic heterocycles. The van der Waals surface area contributed by atoms with Crippen LogP contribution in [0.15, 0.2) is 24.3 Å². The molecule has 1 amide bonds. The van der Waals surface area contributed by atoms with E-state index < -0.39 is 11.4 Å². The molecule has 1 aromatic rings. The molecule has 1 aromatic carbocycles. The normalized spacial score (nSPS) is 22.5. The Bertz CT molecular complexity index is 517.